The van der Waals surface area contributed by atoms with Crippen LogP contribution in [0, 0.1) is 5.92 Å². The van der Waals surface area contributed by atoms with Crippen molar-refractivity contribution >= 4 is 0 Å². The van der Waals surface area contributed by atoms with Crippen molar-refractivity contribution in [1.82, 2.24) is 10.2 Å². The second kappa shape index (κ2) is 7.81. The van der Waals surface area contributed by atoms with Gasteiger partial charge in [0.1, 0.15) is 12.4 Å². The van der Waals surface area contributed by atoms with Crippen LogP contribution >= 0.6 is 0 Å². The zero-order valence-corrected chi connectivity index (χ0v) is 13.0. The van der Waals surface area contributed by atoms with Crippen molar-refractivity contribution in [1.29, 1.82) is 0 Å². The highest BCUT2D eigenvalue weighted by atomic mass is 16.5. The Kier molecular flexibility index (Phi) is 5.53. The number of hydrogen-bond acceptors (Lipinski definition) is 3. The maximum atomic E-state index is 5.86. The maximum Gasteiger partial charge on any atom is 0.119 e. The summed E-state index contributed by atoms with van der Waals surface area (Å²) in [6, 6.07) is 8.74. The van der Waals surface area contributed by atoms with Crippen molar-refractivity contribution in [3.8, 4) is 5.75 Å². The highest BCUT2D eigenvalue weighted by molar-refractivity contribution is 5.27. The normalized spacial score (nSPS) is 23.3. The number of likely N-dealkylation sites (tertiary alicyclic amines) is 1. The second-order valence-electron chi connectivity index (χ2n) is 6.46. The van der Waals surface area contributed by atoms with E-state index < -0.39 is 0 Å². The third-order valence-electron chi connectivity index (χ3n) is 4.72. The van der Waals surface area contributed by atoms with Gasteiger partial charge >= 0.3 is 0 Å². The lowest BCUT2D eigenvalue weighted by molar-refractivity contribution is 0.237. The summed E-state index contributed by atoms with van der Waals surface area (Å²) in [6.45, 7) is 6.74. The third kappa shape index (κ3) is 4.72. The van der Waals surface area contributed by atoms with Crippen molar-refractivity contribution < 1.29 is 4.74 Å². The van der Waals surface area contributed by atoms with E-state index >= 15 is 0 Å². The Labute approximate surface area is 128 Å². The molecule has 0 radical (unpaired) electrons. The van der Waals surface area contributed by atoms with Gasteiger partial charge in [-0.05, 0) is 81.9 Å². The number of ether oxygens (including phenoxy) is 1. The Bertz CT molecular complexity index is 406. The van der Waals surface area contributed by atoms with Gasteiger partial charge in [0, 0.05) is 6.54 Å². The van der Waals surface area contributed by atoms with Gasteiger partial charge < -0.3 is 10.1 Å². The lowest BCUT2D eigenvalue weighted by atomic mass is 9.92. The molecule has 1 aromatic carbocycles. The first-order valence-electron chi connectivity index (χ1n) is 8.55. The minimum Gasteiger partial charge on any atom is -0.492 e. The maximum absolute atomic E-state index is 5.86. The number of piperidine rings is 1. The lowest BCUT2D eigenvalue weighted by Gasteiger charge is -2.22. The molecule has 0 aromatic heterocycles. The van der Waals surface area contributed by atoms with Crippen LogP contribution in [0.15, 0.2) is 24.3 Å². The van der Waals surface area contributed by atoms with Crippen molar-refractivity contribution in [3.63, 3.8) is 0 Å². The fourth-order valence-corrected chi connectivity index (χ4v) is 3.45. The fraction of sp³-hybridized carbons (Fsp3) is 0.667. The molecule has 1 aromatic rings. The fourth-order valence-electron chi connectivity index (χ4n) is 3.45. The topological polar surface area (TPSA) is 24.5 Å². The van der Waals surface area contributed by atoms with Gasteiger partial charge in [-0.25, -0.2) is 0 Å². The highest BCUT2D eigenvalue weighted by Gasteiger charge is 2.13. The molecule has 0 saturated carbocycles. The van der Waals surface area contributed by atoms with E-state index in [9.17, 15) is 0 Å². The molecule has 2 saturated heterocycles. The first kappa shape index (κ1) is 14.9. The molecule has 2 fully saturated rings. The predicted molar refractivity (Wildman–Crippen MR) is 86.9 cm³/mol. The summed E-state index contributed by atoms with van der Waals surface area (Å²) in [5.41, 5.74) is 1.44. The molecule has 3 nitrogen and oxygen atoms in total. The summed E-state index contributed by atoms with van der Waals surface area (Å²) in [7, 11) is 0. The third-order valence-corrected chi connectivity index (χ3v) is 4.72. The summed E-state index contributed by atoms with van der Waals surface area (Å²) < 4.78 is 5.86. The highest BCUT2D eigenvalue weighted by Crippen LogP contribution is 2.19. The van der Waals surface area contributed by atoms with E-state index in [1.807, 2.05) is 0 Å². The molecule has 0 amide bonds. The van der Waals surface area contributed by atoms with Gasteiger partial charge in [0.25, 0.3) is 0 Å². The standard InChI is InChI=1S/C18H28N2O/c1-2-11-20(10-1)12-13-21-18-7-5-16(6-8-18)14-17-4-3-9-19-15-17/h5-8,17,19H,1-4,9-15H2. The van der Waals surface area contributed by atoms with Crippen LogP contribution in [-0.4, -0.2) is 44.2 Å². The molecule has 116 valence electrons. The monoisotopic (exact) mass is 288 g/mol. The summed E-state index contributed by atoms with van der Waals surface area (Å²) >= 11 is 0. The largest absolute Gasteiger partial charge is 0.492 e. The average Bonchev–Trinajstić information content (AvgIpc) is 3.03. The van der Waals surface area contributed by atoms with Crippen molar-refractivity contribution in [2.45, 2.75) is 32.1 Å². The Hall–Kier alpha value is -1.06. The Morgan fingerprint density at radius 3 is 2.62 bits per heavy atom. The van der Waals surface area contributed by atoms with Crippen molar-refractivity contribution in [3.05, 3.63) is 29.8 Å². The molecule has 2 aliphatic heterocycles. The van der Waals surface area contributed by atoms with Crippen LogP contribution in [-0.2, 0) is 6.42 Å². The molecule has 21 heavy (non-hydrogen) atoms. The van der Waals surface area contributed by atoms with Crippen LogP contribution < -0.4 is 10.1 Å². The van der Waals surface area contributed by atoms with E-state index in [2.05, 4.69) is 34.5 Å². The van der Waals surface area contributed by atoms with E-state index in [1.165, 1.54) is 63.8 Å². The molecule has 1 unspecified atom stereocenters. The summed E-state index contributed by atoms with van der Waals surface area (Å²) in [6.07, 6.45) is 6.58. The van der Waals surface area contributed by atoms with Crippen LogP contribution in [0.4, 0.5) is 0 Å². The van der Waals surface area contributed by atoms with Gasteiger partial charge in [0.2, 0.25) is 0 Å². The number of rotatable bonds is 6. The second-order valence-corrected chi connectivity index (χ2v) is 6.46. The van der Waals surface area contributed by atoms with E-state index in [0.29, 0.717) is 0 Å². The average molecular weight is 288 g/mol. The van der Waals surface area contributed by atoms with Crippen LogP contribution in [0.1, 0.15) is 31.2 Å². The minimum absolute atomic E-state index is 0.806. The number of hydrogen-bond donors (Lipinski definition) is 1. The van der Waals surface area contributed by atoms with E-state index in [1.54, 1.807) is 0 Å². The lowest BCUT2D eigenvalue weighted by Crippen LogP contribution is -2.30. The van der Waals surface area contributed by atoms with Gasteiger partial charge in [-0.3, -0.25) is 4.90 Å². The molecule has 1 atom stereocenters. The SMILES string of the molecule is c1cc(OCCN2CCCC2)ccc1CC1CCCNC1. The summed E-state index contributed by atoms with van der Waals surface area (Å²) in [5.74, 6) is 1.82. The first-order chi connectivity index (χ1) is 10.4. The van der Waals surface area contributed by atoms with E-state index in [4.69, 9.17) is 4.74 Å². The number of nitrogens with one attached hydrogen (secondary N) is 1. The molecule has 0 aliphatic carbocycles. The number of nitrogens with zero attached hydrogens (tertiary/aromatic N) is 1. The van der Waals surface area contributed by atoms with Crippen LogP contribution in [0.5, 0.6) is 5.75 Å². The quantitative estimate of drug-likeness (QED) is 0.871. The molecule has 0 bridgehead atoms. The van der Waals surface area contributed by atoms with E-state index in [-0.39, 0.29) is 0 Å². The molecule has 3 rings (SSSR count). The molecule has 1 N–H and O–H groups in total. The zero-order valence-electron chi connectivity index (χ0n) is 13.0. The smallest absolute Gasteiger partial charge is 0.119 e. The van der Waals surface area contributed by atoms with Crippen molar-refractivity contribution in [2.24, 2.45) is 5.92 Å². The summed E-state index contributed by atoms with van der Waals surface area (Å²) in [5, 5.41) is 3.49. The minimum atomic E-state index is 0.806. The molecule has 3 heteroatoms. The number of benzene rings is 1. The van der Waals surface area contributed by atoms with Gasteiger partial charge in [0.15, 0.2) is 0 Å². The zero-order chi connectivity index (χ0) is 14.3. The first-order valence-corrected chi connectivity index (χ1v) is 8.55. The van der Waals surface area contributed by atoms with Crippen LogP contribution in [0.2, 0.25) is 0 Å². The van der Waals surface area contributed by atoms with Crippen LogP contribution in [0.25, 0.3) is 0 Å². The Balaban J connectivity index is 1.40. The van der Waals surface area contributed by atoms with Gasteiger partial charge in [-0.1, -0.05) is 12.1 Å². The van der Waals surface area contributed by atoms with Crippen LogP contribution in [0.3, 0.4) is 0 Å². The molecule has 2 heterocycles. The van der Waals surface area contributed by atoms with Gasteiger partial charge in [-0.2, -0.15) is 0 Å². The van der Waals surface area contributed by atoms with Gasteiger partial charge in [0.05, 0.1) is 0 Å². The molecular weight excluding hydrogens is 260 g/mol. The van der Waals surface area contributed by atoms with Crippen molar-refractivity contribution in [2.75, 3.05) is 39.3 Å². The molecule has 2 aliphatic rings. The molecule has 0 spiro atoms. The summed E-state index contributed by atoms with van der Waals surface area (Å²) in [4.78, 5) is 2.49. The Morgan fingerprint density at radius 2 is 1.90 bits per heavy atom. The molecular formula is C18H28N2O. The predicted octanol–water partition coefficient (Wildman–Crippen LogP) is 2.70. The van der Waals surface area contributed by atoms with Gasteiger partial charge in [-0.15, -0.1) is 0 Å². The Morgan fingerprint density at radius 1 is 1.10 bits per heavy atom. The van der Waals surface area contributed by atoms with E-state index in [0.717, 1.165) is 24.8 Å².